The third kappa shape index (κ3) is 4.13. The normalized spacial score (nSPS) is 10.6. The maximum Gasteiger partial charge on any atom is 0.256 e. The second-order valence-corrected chi connectivity index (χ2v) is 7.00. The predicted molar refractivity (Wildman–Crippen MR) is 90.2 cm³/mol. The van der Waals surface area contributed by atoms with Crippen LogP contribution in [0.2, 0.25) is 8.67 Å². The van der Waals surface area contributed by atoms with Gasteiger partial charge in [-0.05, 0) is 30.2 Å². The van der Waals surface area contributed by atoms with E-state index in [1.807, 2.05) is 31.2 Å². The number of hydrogen-bond acceptors (Lipinski definition) is 3. The number of halogens is 2. The standard InChI is InChI=1S/C15H16Cl2N2OS/c1-2-6-19(9-10-4-3-5-11(18)7-10)15(20)12-8-13(16)21-14(12)17/h3-5,7-8H,2,6,9,18H2,1H3. The Bertz CT molecular complexity index is 642. The highest BCUT2D eigenvalue weighted by Crippen LogP contribution is 2.32. The van der Waals surface area contributed by atoms with E-state index in [1.165, 1.54) is 11.3 Å². The van der Waals surface area contributed by atoms with Gasteiger partial charge in [0.15, 0.2) is 0 Å². The smallest absolute Gasteiger partial charge is 0.256 e. The highest BCUT2D eigenvalue weighted by molar-refractivity contribution is 7.20. The minimum atomic E-state index is -0.104. The van der Waals surface area contributed by atoms with Gasteiger partial charge in [0.05, 0.1) is 9.90 Å². The van der Waals surface area contributed by atoms with Crippen LogP contribution in [0.5, 0.6) is 0 Å². The van der Waals surface area contributed by atoms with Gasteiger partial charge in [0.2, 0.25) is 0 Å². The van der Waals surface area contributed by atoms with Gasteiger partial charge in [-0.15, -0.1) is 11.3 Å². The van der Waals surface area contributed by atoms with Crippen molar-refractivity contribution in [3.8, 4) is 0 Å². The minimum absolute atomic E-state index is 0.104. The average molecular weight is 343 g/mol. The van der Waals surface area contributed by atoms with Crippen LogP contribution in [0.1, 0.15) is 29.3 Å². The first-order valence-corrected chi connectivity index (χ1v) is 8.17. The van der Waals surface area contributed by atoms with Gasteiger partial charge in [0.1, 0.15) is 4.34 Å². The van der Waals surface area contributed by atoms with E-state index < -0.39 is 0 Å². The Morgan fingerprint density at radius 1 is 1.33 bits per heavy atom. The molecule has 1 amide bonds. The summed E-state index contributed by atoms with van der Waals surface area (Å²) in [4.78, 5) is 14.4. The number of amides is 1. The molecule has 0 unspecified atom stereocenters. The van der Waals surface area contributed by atoms with Crippen molar-refractivity contribution >= 4 is 46.1 Å². The quantitative estimate of drug-likeness (QED) is 0.801. The summed E-state index contributed by atoms with van der Waals surface area (Å²) in [5, 5.41) is 0. The summed E-state index contributed by atoms with van der Waals surface area (Å²) < 4.78 is 0.947. The molecule has 0 spiro atoms. The van der Waals surface area contributed by atoms with Crippen molar-refractivity contribution in [1.82, 2.24) is 4.90 Å². The van der Waals surface area contributed by atoms with E-state index in [1.54, 1.807) is 11.0 Å². The molecular weight excluding hydrogens is 327 g/mol. The van der Waals surface area contributed by atoms with E-state index in [9.17, 15) is 4.79 Å². The van der Waals surface area contributed by atoms with Gasteiger partial charge in [-0.25, -0.2) is 0 Å². The van der Waals surface area contributed by atoms with Crippen LogP contribution in [0.15, 0.2) is 30.3 Å². The van der Waals surface area contributed by atoms with E-state index >= 15 is 0 Å². The van der Waals surface area contributed by atoms with Crippen molar-refractivity contribution < 1.29 is 4.79 Å². The number of anilines is 1. The molecule has 0 aliphatic heterocycles. The molecule has 0 radical (unpaired) electrons. The van der Waals surface area contributed by atoms with Gasteiger partial charge in [-0.3, -0.25) is 4.79 Å². The minimum Gasteiger partial charge on any atom is -0.399 e. The molecule has 0 aliphatic rings. The molecule has 0 bridgehead atoms. The van der Waals surface area contributed by atoms with Crippen LogP contribution in [-0.4, -0.2) is 17.4 Å². The Morgan fingerprint density at radius 3 is 2.67 bits per heavy atom. The second kappa shape index (κ2) is 7.16. The van der Waals surface area contributed by atoms with Crippen molar-refractivity contribution in [3.63, 3.8) is 0 Å². The maximum atomic E-state index is 12.6. The summed E-state index contributed by atoms with van der Waals surface area (Å²) in [7, 11) is 0. The lowest BCUT2D eigenvalue weighted by Crippen LogP contribution is -2.31. The highest BCUT2D eigenvalue weighted by Gasteiger charge is 2.20. The lowest BCUT2D eigenvalue weighted by molar-refractivity contribution is 0.0744. The van der Waals surface area contributed by atoms with E-state index in [0.717, 1.165) is 12.0 Å². The number of nitrogens with two attached hydrogens (primary N) is 1. The fourth-order valence-corrected chi connectivity index (χ4v) is 3.54. The summed E-state index contributed by atoms with van der Waals surface area (Å²) in [6.07, 6.45) is 0.865. The number of carbonyl (C=O) groups is 1. The molecule has 2 aromatic rings. The monoisotopic (exact) mass is 342 g/mol. The molecule has 0 fully saturated rings. The van der Waals surface area contributed by atoms with Crippen molar-refractivity contribution in [1.29, 1.82) is 0 Å². The molecule has 0 aliphatic carbocycles. The molecule has 1 aromatic heterocycles. The van der Waals surface area contributed by atoms with Gasteiger partial charge in [-0.2, -0.15) is 0 Å². The fraction of sp³-hybridized carbons (Fsp3) is 0.267. The van der Waals surface area contributed by atoms with Gasteiger partial charge in [0, 0.05) is 18.8 Å². The van der Waals surface area contributed by atoms with E-state index in [2.05, 4.69) is 0 Å². The summed E-state index contributed by atoms with van der Waals surface area (Å²) >= 11 is 13.2. The molecule has 2 rings (SSSR count). The maximum absolute atomic E-state index is 12.6. The SMILES string of the molecule is CCCN(Cc1cccc(N)c1)C(=O)c1cc(Cl)sc1Cl. The number of hydrogen-bond donors (Lipinski definition) is 1. The van der Waals surface area contributed by atoms with Crippen LogP contribution in [-0.2, 0) is 6.54 Å². The molecule has 0 saturated carbocycles. The van der Waals surface area contributed by atoms with Crippen molar-refractivity contribution in [2.45, 2.75) is 19.9 Å². The Morgan fingerprint density at radius 2 is 2.10 bits per heavy atom. The largest absolute Gasteiger partial charge is 0.399 e. The van der Waals surface area contributed by atoms with Crippen LogP contribution in [0.3, 0.4) is 0 Å². The Hall–Kier alpha value is -1.23. The fourth-order valence-electron chi connectivity index (χ4n) is 2.09. The van der Waals surface area contributed by atoms with E-state index in [0.29, 0.717) is 33.0 Å². The number of thiophene rings is 1. The Kier molecular flexibility index (Phi) is 5.51. The molecule has 0 saturated heterocycles. The third-order valence-corrected chi connectivity index (χ3v) is 4.48. The molecule has 1 heterocycles. The molecule has 1 aromatic carbocycles. The van der Waals surface area contributed by atoms with Crippen LogP contribution < -0.4 is 5.73 Å². The molecule has 112 valence electrons. The summed E-state index contributed by atoms with van der Waals surface area (Å²) in [6.45, 7) is 3.18. The number of carbonyl (C=O) groups excluding carboxylic acids is 1. The average Bonchev–Trinajstić information content (AvgIpc) is 2.76. The van der Waals surface area contributed by atoms with Crippen LogP contribution in [0.4, 0.5) is 5.69 Å². The molecule has 21 heavy (non-hydrogen) atoms. The Labute approximate surface area is 138 Å². The van der Waals surface area contributed by atoms with E-state index in [-0.39, 0.29) is 5.91 Å². The van der Waals surface area contributed by atoms with Gasteiger partial charge in [0.25, 0.3) is 5.91 Å². The zero-order chi connectivity index (χ0) is 15.4. The van der Waals surface area contributed by atoms with Crippen LogP contribution >= 0.6 is 34.5 Å². The molecule has 6 heteroatoms. The third-order valence-electron chi connectivity index (χ3n) is 2.99. The highest BCUT2D eigenvalue weighted by atomic mass is 35.5. The molecular formula is C15H16Cl2N2OS. The summed E-state index contributed by atoms with van der Waals surface area (Å²) in [6, 6.07) is 9.16. The zero-order valence-corrected chi connectivity index (χ0v) is 13.9. The summed E-state index contributed by atoms with van der Waals surface area (Å²) in [5.74, 6) is -0.104. The second-order valence-electron chi connectivity index (χ2n) is 4.71. The number of nitrogens with zero attached hydrogens (tertiary/aromatic N) is 1. The Balaban J connectivity index is 2.22. The first kappa shape index (κ1) is 16.1. The van der Waals surface area contributed by atoms with Crippen molar-refractivity contribution in [3.05, 3.63) is 50.1 Å². The van der Waals surface area contributed by atoms with E-state index in [4.69, 9.17) is 28.9 Å². The first-order valence-electron chi connectivity index (χ1n) is 6.59. The van der Waals surface area contributed by atoms with Gasteiger partial charge in [-0.1, -0.05) is 42.3 Å². The van der Waals surface area contributed by atoms with Gasteiger partial charge < -0.3 is 10.6 Å². The van der Waals surface area contributed by atoms with Crippen LogP contribution in [0.25, 0.3) is 0 Å². The topological polar surface area (TPSA) is 46.3 Å². The van der Waals surface area contributed by atoms with Crippen molar-refractivity contribution in [2.75, 3.05) is 12.3 Å². The lowest BCUT2D eigenvalue weighted by Gasteiger charge is -2.22. The summed E-state index contributed by atoms with van der Waals surface area (Å²) in [5.41, 5.74) is 7.93. The lowest BCUT2D eigenvalue weighted by atomic mass is 10.1. The number of rotatable bonds is 5. The van der Waals surface area contributed by atoms with Crippen LogP contribution in [0, 0.1) is 0 Å². The zero-order valence-electron chi connectivity index (χ0n) is 11.6. The van der Waals surface area contributed by atoms with Gasteiger partial charge >= 0.3 is 0 Å². The number of benzene rings is 1. The predicted octanol–water partition coefficient (Wildman–Crippen LogP) is 4.69. The molecule has 3 nitrogen and oxygen atoms in total. The molecule has 2 N–H and O–H groups in total. The first-order chi connectivity index (χ1) is 10.0. The molecule has 0 atom stereocenters. The van der Waals surface area contributed by atoms with Crippen molar-refractivity contribution in [2.24, 2.45) is 0 Å². The number of nitrogen functional groups attached to an aromatic ring is 1.